The minimum absolute atomic E-state index is 0.120. The largest absolute Gasteiger partial charge is 0.384 e. The number of aromatic amines is 1. The minimum atomic E-state index is 0.120. The van der Waals surface area contributed by atoms with Crippen molar-refractivity contribution in [1.82, 2.24) is 14.9 Å². The number of rotatable bonds is 4. The van der Waals surface area contributed by atoms with Crippen LogP contribution >= 0.6 is 0 Å². The van der Waals surface area contributed by atoms with Gasteiger partial charge in [0.1, 0.15) is 5.82 Å². The third kappa shape index (κ3) is 3.05. The number of hydrogen-bond acceptors (Lipinski definition) is 3. The topological polar surface area (TPSA) is 58.2 Å². The number of carbonyl (C=O) groups is 1. The van der Waals surface area contributed by atoms with Crippen molar-refractivity contribution in [3.8, 4) is 0 Å². The number of amides is 1. The lowest BCUT2D eigenvalue weighted by molar-refractivity contribution is -0.135. The molecule has 2 heterocycles. The number of imidazole rings is 1. The van der Waals surface area contributed by atoms with Crippen molar-refractivity contribution in [1.29, 1.82) is 0 Å². The molecule has 5 heteroatoms. The minimum Gasteiger partial charge on any atom is -0.384 e. The first-order chi connectivity index (χ1) is 10.6. The zero-order chi connectivity index (χ0) is 15.7. The van der Waals surface area contributed by atoms with Crippen LogP contribution in [-0.4, -0.2) is 47.6 Å². The summed E-state index contributed by atoms with van der Waals surface area (Å²) in [5, 5.41) is 0. The smallest absolute Gasteiger partial charge is 0.226 e. The molecule has 0 radical (unpaired) electrons. The summed E-state index contributed by atoms with van der Waals surface area (Å²) in [4.78, 5) is 22.9. The summed E-state index contributed by atoms with van der Waals surface area (Å²) in [7, 11) is 1.73. The molecule has 2 unspecified atom stereocenters. The maximum atomic E-state index is 12.8. The molecule has 0 spiro atoms. The Kier molecular flexibility index (Phi) is 4.52. The van der Waals surface area contributed by atoms with E-state index in [1.807, 2.05) is 4.90 Å². The van der Waals surface area contributed by atoms with Crippen LogP contribution in [0.4, 0.5) is 0 Å². The molecule has 1 fully saturated rings. The van der Waals surface area contributed by atoms with Crippen LogP contribution in [0.3, 0.4) is 0 Å². The Balaban J connectivity index is 1.63. The number of fused-ring (bicyclic) bond motifs is 1. The Morgan fingerprint density at radius 1 is 1.45 bits per heavy atom. The predicted octanol–water partition coefficient (Wildman–Crippen LogP) is 2.13. The molecule has 1 aliphatic carbocycles. The molecule has 1 amide bonds. The number of aryl methyl sites for hydroxylation is 1. The molecule has 1 N–H and O–H groups in total. The van der Waals surface area contributed by atoms with E-state index in [1.165, 1.54) is 11.4 Å². The van der Waals surface area contributed by atoms with Crippen LogP contribution < -0.4 is 0 Å². The van der Waals surface area contributed by atoms with E-state index in [0.29, 0.717) is 17.7 Å². The quantitative estimate of drug-likeness (QED) is 0.927. The third-order valence-corrected chi connectivity index (χ3v) is 4.96. The number of hydrogen-bond donors (Lipinski definition) is 1. The fraction of sp³-hybridized carbons (Fsp3) is 0.765. The van der Waals surface area contributed by atoms with Gasteiger partial charge in [-0.3, -0.25) is 4.79 Å². The summed E-state index contributed by atoms with van der Waals surface area (Å²) in [5.74, 6) is 2.42. The maximum Gasteiger partial charge on any atom is 0.226 e. The summed E-state index contributed by atoms with van der Waals surface area (Å²) >= 11 is 0. The van der Waals surface area contributed by atoms with Gasteiger partial charge in [0.25, 0.3) is 0 Å². The van der Waals surface area contributed by atoms with Crippen molar-refractivity contribution < 1.29 is 9.53 Å². The lowest BCUT2D eigenvalue weighted by atomic mass is 9.89. The highest BCUT2D eigenvalue weighted by Gasteiger charge is 2.33. The molecule has 5 nitrogen and oxygen atoms in total. The van der Waals surface area contributed by atoms with Gasteiger partial charge in [0.2, 0.25) is 5.91 Å². The first-order valence-corrected chi connectivity index (χ1v) is 8.43. The van der Waals surface area contributed by atoms with Gasteiger partial charge in [-0.25, -0.2) is 4.98 Å². The average Bonchev–Trinajstić information content (AvgIpc) is 3.12. The lowest BCUT2D eigenvalue weighted by Crippen LogP contribution is -2.37. The molecule has 122 valence electrons. The molecular formula is C17H27N3O2. The fourth-order valence-electron chi connectivity index (χ4n) is 3.65. The molecule has 1 saturated heterocycles. The molecule has 0 saturated carbocycles. The van der Waals surface area contributed by atoms with Crippen molar-refractivity contribution in [2.45, 2.75) is 45.4 Å². The van der Waals surface area contributed by atoms with E-state index in [4.69, 9.17) is 4.74 Å². The highest BCUT2D eigenvalue weighted by atomic mass is 16.5. The van der Waals surface area contributed by atoms with Crippen LogP contribution in [0.25, 0.3) is 0 Å². The van der Waals surface area contributed by atoms with Gasteiger partial charge in [0.15, 0.2) is 0 Å². The number of H-pyrrole nitrogens is 1. The number of nitrogens with one attached hydrogen (secondary N) is 1. The third-order valence-electron chi connectivity index (χ3n) is 4.96. The van der Waals surface area contributed by atoms with Gasteiger partial charge in [-0.2, -0.15) is 0 Å². The summed E-state index contributed by atoms with van der Waals surface area (Å²) in [5.41, 5.74) is 2.35. The van der Waals surface area contributed by atoms with E-state index >= 15 is 0 Å². The molecular weight excluding hydrogens is 278 g/mol. The highest BCUT2D eigenvalue weighted by molar-refractivity contribution is 5.79. The van der Waals surface area contributed by atoms with Crippen LogP contribution in [0.1, 0.15) is 49.8 Å². The van der Waals surface area contributed by atoms with Gasteiger partial charge < -0.3 is 14.6 Å². The van der Waals surface area contributed by atoms with Crippen LogP contribution in [-0.2, 0) is 22.4 Å². The Hall–Kier alpha value is -1.36. The molecule has 0 aromatic carbocycles. The van der Waals surface area contributed by atoms with E-state index in [1.54, 1.807) is 7.11 Å². The second kappa shape index (κ2) is 6.41. The Bertz CT molecular complexity index is 538. The van der Waals surface area contributed by atoms with Gasteiger partial charge >= 0.3 is 0 Å². The van der Waals surface area contributed by atoms with Crippen LogP contribution in [0, 0.1) is 11.8 Å². The van der Waals surface area contributed by atoms with Crippen LogP contribution in [0.5, 0.6) is 0 Å². The van der Waals surface area contributed by atoms with E-state index in [-0.39, 0.29) is 5.92 Å². The van der Waals surface area contributed by atoms with Gasteiger partial charge in [-0.15, -0.1) is 0 Å². The van der Waals surface area contributed by atoms with Gasteiger partial charge in [0.05, 0.1) is 12.3 Å². The molecule has 3 rings (SSSR count). The van der Waals surface area contributed by atoms with Crippen molar-refractivity contribution in [3.05, 3.63) is 17.2 Å². The van der Waals surface area contributed by atoms with E-state index in [2.05, 4.69) is 23.8 Å². The summed E-state index contributed by atoms with van der Waals surface area (Å²) < 4.78 is 5.22. The Labute approximate surface area is 132 Å². The highest BCUT2D eigenvalue weighted by Crippen LogP contribution is 2.28. The summed E-state index contributed by atoms with van der Waals surface area (Å²) in [6.07, 6.45) is 3.74. The van der Waals surface area contributed by atoms with Crippen LogP contribution in [0.2, 0.25) is 0 Å². The Morgan fingerprint density at radius 2 is 2.27 bits per heavy atom. The van der Waals surface area contributed by atoms with Crippen molar-refractivity contribution in [2.24, 2.45) is 11.8 Å². The molecule has 0 bridgehead atoms. The second-order valence-corrected chi connectivity index (χ2v) is 7.04. The van der Waals surface area contributed by atoms with E-state index in [9.17, 15) is 4.79 Å². The van der Waals surface area contributed by atoms with Gasteiger partial charge in [0, 0.05) is 50.1 Å². The number of likely N-dealkylation sites (tertiary alicyclic amines) is 1. The molecule has 1 aliphatic heterocycles. The number of nitrogens with zero attached hydrogens (tertiary/aromatic N) is 2. The fourth-order valence-corrected chi connectivity index (χ4v) is 3.65. The summed E-state index contributed by atoms with van der Waals surface area (Å²) in [6, 6.07) is 0. The first-order valence-electron chi connectivity index (χ1n) is 8.43. The molecule has 2 aliphatic rings. The average molecular weight is 305 g/mol. The molecule has 22 heavy (non-hydrogen) atoms. The second-order valence-electron chi connectivity index (χ2n) is 7.04. The zero-order valence-electron chi connectivity index (χ0n) is 13.9. The SMILES string of the molecule is COCC1CCN(C(=O)C2CCc3nc(C(C)C)[nH]c3C2)C1. The van der Waals surface area contributed by atoms with Gasteiger partial charge in [-0.05, 0) is 19.3 Å². The van der Waals surface area contributed by atoms with Crippen molar-refractivity contribution in [2.75, 3.05) is 26.8 Å². The van der Waals surface area contributed by atoms with E-state index in [0.717, 1.165) is 51.2 Å². The number of ether oxygens (including phenoxy) is 1. The number of methoxy groups -OCH3 is 1. The molecule has 1 aromatic heterocycles. The van der Waals surface area contributed by atoms with Gasteiger partial charge in [-0.1, -0.05) is 13.8 Å². The first kappa shape index (κ1) is 15.5. The van der Waals surface area contributed by atoms with Crippen LogP contribution in [0.15, 0.2) is 0 Å². The monoisotopic (exact) mass is 305 g/mol. The Morgan fingerprint density at radius 3 is 3.00 bits per heavy atom. The maximum absolute atomic E-state index is 12.8. The molecule has 2 atom stereocenters. The van der Waals surface area contributed by atoms with Crippen molar-refractivity contribution >= 4 is 5.91 Å². The molecule has 1 aromatic rings. The lowest BCUT2D eigenvalue weighted by Gasteiger charge is -2.26. The number of carbonyl (C=O) groups excluding carboxylic acids is 1. The normalized spacial score (nSPS) is 24.8. The standard InChI is InChI=1S/C17H27N3O2/c1-11(2)16-18-14-5-4-13(8-15(14)19-16)17(21)20-7-6-12(9-20)10-22-3/h11-13H,4-10H2,1-3H3,(H,18,19). The number of aromatic nitrogens is 2. The summed E-state index contributed by atoms with van der Waals surface area (Å²) in [6.45, 7) is 6.80. The van der Waals surface area contributed by atoms with Crippen molar-refractivity contribution in [3.63, 3.8) is 0 Å². The zero-order valence-corrected chi connectivity index (χ0v) is 13.9. The predicted molar refractivity (Wildman–Crippen MR) is 84.8 cm³/mol. The van der Waals surface area contributed by atoms with E-state index < -0.39 is 0 Å².